The minimum atomic E-state index is -3.02. The molecule has 0 radical (unpaired) electrons. The van der Waals surface area contributed by atoms with Crippen LogP contribution in [0.4, 0.5) is 5.69 Å². The molecule has 1 aromatic rings. The van der Waals surface area contributed by atoms with Crippen molar-refractivity contribution in [3.8, 4) is 0 Å². The fourth-order valence-corrected chi connectivity index (χ4v) is 6.27. The summed E-state index contributed by atoms with van der Waals surface area (Å²) < 4.78 is 28.1. The van der Waals surface area contributed by atoms with Gasteiger partial charge in [-0.15, -0.1) is 11.8 Å². The number of hydrogen-bond acceptors (Lipinski definition) is 6. The lowest BCUT2D eigenvalue weighted by atomic mass is 10.1. The number of ether oxygens (including phenoxy) is 1. The molecule has 0 aromatic heterocycles. The summed E-state index contributed by atoms with van der Waals surface area (Å²) in [4.78, 5) is 27.3. The van der Waals surface area contributed by atoms with E-state index in [0.29, 0.717) is 18.2 Å². The molecule has 2 unspecified atom stereocenters. The number of carbonyl (C=O) groups excluding carboxylic acids is 2. The van der Waals surface area contributed by atoms with Gasteiger partial charge in [0.15, 0.2) is 16.4 Å². The summed E-state index contributed by atoms with van der Waals surface area (Å²) in [5.41, 5.74) is 0.852. The molecule has 6 nitrogen and oxygen atoms in total. The summed E-state index contributed by atoms with van der Waals surface area (Å²) in [6.07, 6.45) is 1.40. The van der Waals surface area contributed by atoms with E-state index >= 15 is 0 Å². The van der Waals surface area contributed by atoms with Crippen LogP contribution >= 0.6 is 11.8 Å². The van der Waals surface area contributed by atoms with E-state index in [-0.39, 0.29) is 36.4 Å². The fraction of sp³-hybridized carbons (Fsp3) is 0.556. The largest absolute Gasteiger partial charge is 0.456 e. The molecular formula is C18H23NO5S2. The second-order valence-corrected chi connectivity index (χ2v) is 10.6. The Hall–Kier alpha value is -1.54. The van der Waals surface area contributed by atoms with Crippen molar-refractivity contribution in [3.63, 3.8) is 0 Å². The molecule has 2 aliphatic heterocycles. The van der Waals surface area contributed by atoms with Crippen LogP contribution in [-0.4, -0.2) is 50.2 Å². The number of carbonyl (C=O) groups is 2. The molecule has 3 rings (SSSR count). The summed E-state index contributed by atoms with van der Waals surface area (Å²) in [7, 11) is -3.02. The molecule has 0 aliphatic carbocycles. The van der Waals surface area contributed by atoms with E-state index in [1.807, 2.05) is 24.3 Å². The number of para-hydroxylation sites is 1. The minimum Gasteiger partial charge on any atom is -0.456 e. The smallest absolute Gasteiger partial charge is 0.306 e. The molecule has 26 heavy (non-hydrogen) atoms. The van der Waals surface area contributed by atoms with Gasteiger partial charge in [-0.1, -0.05) is 19.1 Å². The number of benzene rings is 1. The van der Waals surface area contributed by atoms with Crippen molar-refractivity contribution in [1.29, 1.82) is 0 Å². The van der Waals surface area contributed by atoms with Crippen molar-refractivity contribution >= 4 is 39.2 Å². The molecule has 0 N–H and O–H groups in total. The summed E-state index contributed by atoms with van der Waals surface area (Å²) in [5, 5.41) is 0.404. The third-order valence-corrected chi connectivity index (χ3v) is 7.76. The predicted molar refractivity (Wildman–Crippen MR) is 101 cm³/mol. The lowest BCUT2D eigenvalue weighted by Crippen LogP contribution is -2.36. The van der Waals surface area contributed by atoms with Crippen molar-refractivity contribution in [2.75, 3.05) is 29.6 Å². The Bertz CT molecular complexity index is 793. The molecule has 0 bridgehead atoms. The van der Waals surface area contributed by atoms with Crippen LogP contribution in [0.2, 0.25) is 0 Å². The van der Waals surface area contributed by atoms with Crippen LogP contribution in [-0.2, 0) is 24.2 Å². The Morgan fingerprint density at radius 2 is 2.04 bits per heavy atom. The molecule has 1 aromatic carbocycles. The number of esters is 1. The summed E-state index contributed by atoms with van der Waals surface area (Å²) in [6, 6.07) is 7.74. The first kappa shape index (κ1) is 19.2. The van der Waals surface area contributed by atoms with Crippen LogP contribution in [0, 0.1) is 5.92 Å². The fourth-order valence-electron chi connectivity index (χ4n) is 3.29. The maximum atomic E-state index is 12.6. The van der Waals surface area contributed by atoms with Crippen LogP contribution < -0.4 is 4.90 Å². The number of sulfone groups is 1. The molecule has 1 fully saturated rings. The maximum absolute atomic E-state index is 12.6. The maximum Gasteiger partial charge on any atom is 0.306 e. The van der Waals surface area contributed by atoms with Crippen molar-refractivity contribution in [3.05, 3.63) is 24.3 Å². The van der Waals surface area contributed by atoms with E-state index in [9.17, 15) is 18.0 Å². The Morgan fingerprint density at radius 1 is 1.27 bits per heavy atom. The SMILES string of the molecule is CC1CCN(C(=O)COC(=O)CC2CCS(=O)(=O)C2)c2ccccc2S1. The molecule has 8 heteroatoms. The predicted octanol–water partition coefficient (Wildman–Crippen LogP) is 2.27. The highest BCUT2D eigenvalue weighted by molar-refractivity contribution is 8.00. The number of anilines is 1. The van der Waals surface area contributed by atoms with E-state index in [0.717, 1.165) is 17.0 Å². The van der Waals surface area contributed by atoms with Gasteiger partial charge in [-0.3, -0.25) is 9.59 Å². The van der Waals surface area contributed by atoms with Gasteiger partial charge < -0.3 is 9.64 Å². The highest BCUT2D eigenvalue weighted by Gasteiger charge is 2.30. The van der Waals surface area contributed by atoms with Gasteiger partial charge in [0.2, 0.25) is 0 Å². The van der Waals surface area contributed by atoms with E-state index in [4.69, 9.17) is 4.74 Å². The van der Waals surface area contributed by atoms with Gasteiger partial charge in [-0.25, -0.2) is 8.42 Å². The Labute approximate surface area is 158 Å². The van der Waals surface area contributed by atoms with Crippen LogP contribution in [0.5, 0.6) is 0 Å². The molecule has 0 spiro atoms. The molecule has 2 heterocycles. The Kier molecular flexibility index (Phi) is 5.92. The number of nitrogens with zero attached hydrogens (tertiary/aromatic N) is 1. The average Bonchev–Trinajstić information content (AvgIpc) is 2.83. The van der Waals surface area contributed by atoms with Crippen LogP contribution in [0.1, 0.15) is 26.2 Å². The number of thioether (sulfide) groups is 1. The second-order valence-electron chi connectivity index (χ2n) is 6.86. The first-order valence-corrected chi connectivity index (χ1v) is 11.5. The quantitative estimate of drug-likeness (QED) is 0.725. The van der Waals surface area contributed by atoms with Crippen molar-refractivity contribution in [2.45, 2.75) is 36.3 Å². The summed E-state index contributed by atoms with van der Waals surface area (Å²) in [5.74, 6) is -0.792. The lowest BCUT2D eigenvalue weighted by molar-refractivity contribution is -0.148. The van der Waals surface area contributed by atoms with Crippen LogP contribution in [0.25, 0.3) is 0 Å². The second kappa shape index (κ2) is 8.00. The highest BCUT2D eigenvalue weighted by Crippen LogP contribution is 2.37. The standard InChI is InChI=1S/C18H23NO5S2/c1-13-6-8-19(15-4-2-3-5-16(15)25-13)17(20)11-24-18(21)10-14-7-9-26(22,23)12-14/h2-5,13-14H,6-12H2,1H3. The van der Waals surface area contributed by atoms with Crippen LogP contribution in [0.3, 0.4) is 0 Å². The summed E-state index contributed by atoms with van der Waals surface area (Å²) >= 11 is 1.74. The van der Waals surface area contributed by atoms with Gasteiger partial charge in [0, 0.05) is 23.1 Å². The third-order valence-electron chi connectivity index (χ3n) is 4.68. The zero-order valence-corrected chi connectivity index (χ0v) is 16.4. The molecule has 142 valence electrons. The van der Waals surface area contributed by atoms with Crippen molar-refractivity contribution in [2.24, 2.45) is 5.92 Å². The first-order chi connectivity index (χ1) is 12.3. The Morgan fingerprint density at radius 3 is 2.77 bits per heavy atom. The van der Waals surface area contributed by atoms with Gasteiger partial charge in [-0.2, -0.15) is 0 Å². The Balaban J connectivity index is 1.57. The topological polar surface area (TPSA) is 80.8 Å². The van der Waals surface area contributed by atoms with E-state index in [1.54, 1.807) is 16.7 Å². The first-order valence-electron chi connectivity index (χ1n) is 8.76. The van der Waals surface area contributed by atoms with Crippen LogP contribution in [0.15, 0.2) is 29.2 Å². The van der Waals surface area contributed by atoms with E-state index in [2.05, 4.69) is 6.92 Å². The average molecular weight is 398 g/mol. The van der Waals surface area contributed by atoms with E-state index in [1.165, 1.54) is 0 Å². The number of amides is 1. The molecular weight excluding hydrogens is 374 g/mol. The molecule has 1 amide bonds. The van der Waals surface area contributed by atoms with E-state index < -0.39 is 15.8 Å². The highest BCUT2D eigenvalue weighted by atomic mass is 32.2. The van der Waals surface area contributed by atoms with Gasteiger partial charge >= 0.3 is 5.97 Å². The normalized spacial score (nSPS) is 24.6. The molecule has 2 atom stereocenters. The lowest BCUT2D eigenvalue weighted by Gasteiger charge is -2.22. The molecule has 2 aliphatic rings. The summed E-state index contributed by atoms with van der Waals surface area (Å²) in [6.45, 7) is 2.40. The monoisotopic (exact) mass is 397 g/mol. The minimum absolute atomic E-state index is 0.0324. The zero-order chi connectivity index (χ0) is 18.7. The molecule has 0 saturated carbocycles. The van der Waals surface area contributed by atoms with Gasteiger partial charge in [-0.05, 0) is 30.9 Å². The third kappa shape index (κ3) is 4.79. The number of hydrogen-bond donors (Lipinski definition) is 0. The van der Waals surface area contributed by atoms with Gasteiger partial charge in [0.1, 0.15) is 0 Å². The number of rotatable bonds is 4. The van der Waals surface area contributed by atoms with Crippen molar-refractivity contribution < 1.29 is 22.7 Å². The number of fused-ring (bicyclic) bond motifs is 1. The molecule has 1 saturated heterocycles. The zero-order valence-electron chi connectivity index (χ0n) is 14.7. The van der Waals surface area contributed by atoms with Gasteiger partial charge in [0.25, 0.3) is 5.91 Å². The van der Waals surface area contributed by atoms with Crippen molar-refractivity contribution in [1.82, 2.24) is 0 Å². The van der Waals surface area contributed by atoms with Gasteiger partial charge in [0.05, 0.1) is 17.2 Å².